The molecule has 0 bridgehead atoms. The molecule has 0 N–H and O–H groups in total. The first-order chi connectivity index (χ1) is 26.8. The van der Waals surface area contributed by atoms with Crippen LogP contribution in [-0.2, 0) is 0 Å². The zero-order valence-electron chi connectivity index (χ0n) is 28.9. The third-order valence-corrected chi connectivity index (χ3v) is 10.9. The standard InChI is InChI=1S/C48H29N5O/c1-2-12-30(13-3-1)51-41-18-8-5-15-37(41)46-43(51)26-25-36-35-24-22-32(29-44(35)53(47(36)46)45-20-10-11-27-49-45)54-31-21-23-33-34-14-4-7-17-40(34)52-42-19-9-6-16-39(42)50-48(52)38(33)28-31/h1-29H. The monoisotopic (exact) mass is 691 g/mol. The molecule has 0 saturated heterocycles. The maximum Gasteiger partial charge on any atom is 0.146 e. The molecule has 7 aromatic carbocycles. The smallest absolute Gasteiger partial charge is 0.146 e. The van der Waals surface area contributed by atoms with Crippen LogP contribution in [0.1, 0.15) is 0 Å². The summed E-state index contributed by atoms with van der Waals surface area (Å²) in [5.74, 6) is 2.35. The summed E-state index contributed by atoms with van der Waals surface area (Å²) >= 11 is 0. The number of para-hydroxylation sites is 5. The number of hydrogen-bond donors (Lipinski definition) is 0. The first-order valence-electron chi connectivity index (χ1n) is 18.2. The Balaban J connectivity index is 1.09. The van der Waals surface area contributed by atoms with Gasteiger partial charge in [-0.1, -0.05) is 78.9 Å². The predicted octanol–water partition coefficient (Wildman–Crippen LogP) is 12.2. The molecule has 0 aliphatic carbocycles. The minimum atomic E-state index is 0.745. The molecule has 0 aliphatic heterocycles. The van der Waals surface area contributed by atoms with Crippen LogP contribution >= 0.6 is 0 Å². The topological polar surface area (TPSA) is 49.3 Å². The van der Waals surface area contributed by atoms with Gasteiger partial charge in [0.15, 0.2) is 0 Å². The summed E-state index contributed by atoms with van der Waals surface area (Å²) in [5, 5.41) is 8.05. The van der Waals surface area contributed by atoms with Gasteiger partial charge < -0.3 is 9.30 Å². The lowest BCUT2D eigenvalue weighted by molar-refractivity contribution is 0.484. The van der Waals surface area contributed by atoms with Crippen molar-refractivity contribution in [3.8, 4) is 23.0 Å². The van der Waals surface area contributed by atoms with E-state index < -0.39 is 0 Å². The molecule has 0 radical (unpaired) electrons. The Hall–Kier alpha value is -7.44. The van der Waals surface area contributed by atoms with Gasteiger partial charge in [0.05, 0.1) is 38.6 Å². The van der Waals surface area contributed by atoms with Gasteiger partial charge in [0.25, 0.3) is 0 Å². The van der Waals surface area contributed by atoms with Crippen LogP contribution in [0.15, 0.2) is 176 Å². The summed E-state index contributed by atoms with van der Waals surface area (Å²) in [7, 11) is 0. The Kier molecular flexibility index (Phi) is 5.96. The van der Waals surface area contributed by atoms with Crippen LogP contribution in [0.25, 0.3) is 93.5 Å². The van der Waals surface area contributed by atoms with E-state index in [0.29, 0.717) is 0 Å². The minimum Gasteiger partial charge on any atom is -0.457 e. The number of rotatable bonds is 4. The Bertz CT molecular complexity index is 3470. The summed E-state index contributed by atoms with van der Waals surface area (Å²) in [5.41, 5.74) is 9.69. The van der Waals surface area contributed by atoms with Crippen LogP contribution in [0, 0.1) is 0 Å². The molecule has 252 valence electrons. The van der Waals surface area contributed by atoms with Gasteiger partial charge in [-0.25, -0.2) is 9.97 Å². The number of nitrogens with zero attached hydrogens (tertiary/aromatic N) is 5. The number of imidazole rings is 1. The molecule has 0 aliphatic rings. The highest BCUT2D eigenvalue weighted by Gasteiger charge is 2.22. The first kappa shape index (κ1) is 29.2. The van der Waals surface area contributed by atoms with Gasteiger partial charge in [-0.2, -0.15) is 0 Å². The zero-order valence-corrected chi connectivity index (χ0v) is 28.9. The number of fused-ring (bicyclic) bond motifs is 15. The number of benzene rings is 7. The van der Waals surface area contributed by atoms with Crippen molar-refractivity contribution in [2.24, 2.45) is 0 Å². The summed E-state index contributed by atoms with van der Waals surface area (Å²) in [6, 6.07) is 59.5. The molecule has 0 spiro atoms. The third kappa shape index (κ3) is 4.05. The van der Waals surface area contributed by atoms with E-state index in [4.69, 9.17) is 14.7 Å². The second kappa shape index (κ2) is 11.0. The zero-order chi connectivity index (χ0) is 35.3. The molecule has 0 fully saturated rings. The molecule has 6 nitrogen and oxygen atoms in total. The number of hydrogen-bond acceptors (Lipinski definition) is 3. The molecular weight excluding hydrogens is 663 g/mol. The van der Waals surface area contributed by atoms with Crippen molar-refractivity contribution in [3.05, 3.63) is 176 Å². The van der Waals surface area contributed by atoms with Crippen LogP contribution < -0.4 is 4.74 Å². The lowest BCUT2D eigenvalue weighted by Crippen LogP contribution is -1.97. The molecule has 0 amide bonds. The number of aromatic nitrogens is 5. The van der Waals surface area contributed by atoms with Crippen LogP contribution in [0.5, 0.6) is 11.5 Å². The SMILES string of the molecule is c1ccc(-n2c3ccccc3c3c2ccc2c4ccc(Oc5ccc6c7ccccc7n7c8ccccc8nc7c6c5)cc4n(-c4ccccn4)c23)cc1. The largest absolute Gasteiger partial charge is 0.457 e. The second-order valence-electron chi connectivity index (χ2n) is 13.8. The maximum atomic E-state index is 6.76. The van der Waals surface area contributed by atoms with Crippen molar-refractivity contribution >= 4 is 82.0 Å². The van der Waals surface area contributed by atoms with E-state index in [1.54, 1.807) is 0 Å². The summed E-state index contributed by atoms with van der Waals surface area (Å²) in [6.07, 6.45) is 1.86. The average Bonchev–Trinajstić information content (AvgIpc) is 3.89. The third-order valence-electron chi connectivity index (χ3n) is 10.9. The van der Waals surface area contributed by atoms with Crippen molar-refractivity contribution in [3.63, 3.8) is 0 Å². The normalized spacial score (nSPS) is 12.1. The van der Waals surface area contributed by atoms with Gasteiger partial charge in [0.1, 0.15) is 23.0 Å². The fourth-order valence-corrected chi connectivity index (χ4v) is 8.67. The van der Waals surface area contributed by atoms with E-state index in [0.717, 1.165) is 88.8 Å². The maximum absolute atomic E-state index is 6.76. The molecular formula is C48H29N5O. The van der Waals surface area contributed by atoms with E-state index in [-0.39, 0.29) is 0 Å². The summed E-state index contributed by atoms with van der Waals surface area (Å²) < 4.78 is 13.7. The van der Waals surface area contributed by atoms with Crippen molar-refractivity contribution in [1.29, 1.82) is 0 Å². The quantitative estimate of drug-likeness (QED) is 0.173. The molecule has 0 unspecified atom stereocenters. The van der Waals surface area contributed by atoms with Gasteiger partial charge in [0, 0.05) is 50.3 Å². The highest BCUT2D eigenvalue weighted by molar-refractivity contribution is 6.26. The highest BCUT2D eigenvalue weighted by atomic mass is 16.5. The fourth-order valence-electron chi connectivity index (χ4n) is 8.67. The van der Waals surface area contributed by atoms with Gasteiger partial charge in [-0.3, -0.25) is 8.97 Å². The summed E-state index contributed by atoms with van der Waals surface area (Å²) in [6.45, 7) is 0. The van der Waals surface area contributed by atoms with E-state index in [9.17, 15) is 0 Å². The highest BCUT2D eigenvalue weighted by Crippen LogP contribution is 2.43. The van der Waals surface area contributed by atoms with Crippen molar-refractivity contribution in [1.82, 2.24) is 23.5 Å². The molecule has 6 heteroatoms. The van der Waals surface area contributed by atoms with E-state index in [2.05, 4.69) is 165 Å². The average molecular weight is 692 g/mol. The Morgan fingerprint density at radius 1 is 0.426 bits per heavy atom. The molecule has 5 heterocycles. The molecule has 5 aromatic heterocycles. The van der Waals surface area contributed by atoms with Gasteiger partial charge in [0.2, 0.25) is 0 Å². The van der Waals surface area contributed by atoms with Crippen molar-refractivity contribution < 1.29 is 4.74 Å². The van der Waals surface area contributed by atoms with Crippen LogP contribution in [0.2, 0.25) is 0 Å². The van der Waals surface area contributed by atoms with Crippen molar-refractivity contribution in [2.75, 3.05) is 0 Å². The first-order valence-corrected chi connectivity index (χ1v) is 18.2. The Morgan fingerprint density at radius 3 is 1.96 bits per heavy atom. The Labute approximate surface area is 308 Å². The van der Waals surface area contributed by atoms with Crippen LogP contribution in [0.4, 0.5) is 0 Å². The van der Waals surface area contributed by atoms with Crippen molar-refractivity contribution in [2.45, 2.75) is 0 Å². The molecule has 0 atom stereocenters. The van der Waals surface area contributed by atoms with Gasteiger partial charge in [-0.05, 0) is 90.3 Å². The molecule has 0 saturated carbocycles. The number of pyridine rings is 2. The van der Waals surface area contributed by atoms with E-state index >= 15 is 0 Å². The molecule has 12 aromatic rings. The second-order valence-corrected chi connectivity index (χ2v) is 13.8. The lowest BCUT2D eigenvalue weighted by Gasteiger charge is -2.12. The Morgan fingerprint density at radius 2 is 1.11 bits per heavy atom. The lowest BCUT2D eigenvalue weighted by atomic mass is 10.1. The molecule has 54 heavy (non-hydrogen) atoms. The van der Waals surface area contributed by atoms with Crippen LogP contribution in [0.3, 0.4) is 0 Å². The van der Waals surface area contributed by atoms with Gasteiger partial charge >= 0.3 is 0 Å². The fraction of sp³-hybridized carbons (Fsp3) is 0. The number of ether oxygens (including phenoxy) is 1. The minimum absolute atomic E-state index is 0.745. The predicted molar refractivity (Wildman–Crippen MR) is 221 cm³/mol. The summed E-state index contributed by atoms with van der Waals surface area (Å²) in [4.78, 5) is 10.0. The van der Waals surface area contributed by atoms with Gasteiger partial charge in [-0.15, -0.1) is 0 Å². The van der Waals surface area contributed by atoms with E-state index in [1.165, 1.54) is 16.2 Å². The molecule has 12 rings (SSSR count). The van der Waals surface area contributed by atoms with E-state index in [1.807, 2.05) is 24.4 Å². The van der Waals surface area contributed by atoms with Crippen LogP contribution in [-0.4, -0.2) is 23.5 Å².